The smallest absolute Gasteiger partial charge is 0.361 e. The fourth-order valence-electron chi connectivity index (χ4n) is 2.83. The molecule has 0 saturated carbocycles. The number of rotatable bonds is 3. The van der Waals surface area contributed by atoms with Crippen molar-refractivity contribution in [3.8, 4) is 0 Å². The lowest BCUT2D eigenvalue weighted by Crippen LogP contribution is -2.23. The summed E-state index contributed by atoms with van der Waals surface area (Å²) in [5.74, 6) is -1.17. The zero-order chi connectivity index (χ0) is 15.7. The Bertz CT molecular complexity index is 706. The topological polar surface area (TPSA) is 59.3 Å². The SMILES string of the molecule is O=[N+]([O-])c1ccc(N2CCC[C@@H]2c2cc(F)ccc2F)cn1. The van der Waals surface area contributed by atoms with Crippen LogP contribution in [0, 0.1) is 21.7 Å². The van der Waals surface area contributed by atoms with Crippen molar-refractivity contribution in [2.45, 2.75) is 18.9 Å². The summed E-state index contributed by atoms with van der Waals surface area (Å²) < 4.78 is 27.4. The van der Waals surface area contributed by atoms with Crippen LogP contribution in [0.1, 0.15) is 24.4 Å². The summed E-state index contributed by atoms with van der Waals surface area (Å²) in [4.78, 5) is 15.7. The monoisotopic (exact) mass is 305 g/mol. The van der Waals surface area contributed by atoms with Crippen LogP contribution < -0.4 is 4.90 Å². The summed E-state index contributed by atoms with van der Waals surface area (Å²) in [6.07, 6.45) is 2.92. The number of halogens is 2. The predicted octanol–water partition coefficient (Wildman–Crippen LogP) is 3.61. The fourth-order valence-corrected chi connectivity index (χ4v) is 2.83. The molecule has 22 heavy (non-hydrogen) atoms. The molecule has 2 heterocycles. The maximum atomic E-state index is 14.0. The van der Waals surface area contributed by atoms with Crippen LogP contribution in [0.3, 0.4) is 0 Å². The third-order valence-corrected chi connectivity index (χ3v) is 3.82. The van der Waals surface area contributed by atoms with Gasteiger partial charge in [-0.2, -0.15) is 0 Å². The molecule has 0 bridgehead atoms. The zero-order valence-electron chi connectivity index (χ0n) is 11.6. The summed E-state index contributed by atoms with van der Waals surface area (Å²) in [6.45, 7) is 0.667. The molecule has 5 nitrogen and oxygen atoms in total. The Morgan fingerprint density at radius 3 is 2.77 bits per heavy atom. The highest BCUT2D eigenvalue weighted by Gasteiger charge is 2.29. The molecule has 1 atom stereocenters. The number of hydrogen-bond donors (Lipinski definition) is 0. The van der Waals surface area contributed by atoms with Crippen LogP contribution >= 0.6 is 0 Å². The molecule has 0 amide bonds. The van der Waals surface area contributed by atoms with E-state index < -0.39 is 16.6 Å². The molecule has 0 unspecified atom stereocenters. The zero-order valence-corrected chi connectivity index (χ0v) is 11.6. The van der Waals surface area contributed by atoms with Gasteiger partial charge in [-0.05, 0) is 47.0 Å². The van der Waals surface area contributed by atoms with Crippen molar-refractivity contribution in [3.05, 3.63) is 63.8 Å². The van der Waals surface area contributed by atoms with Gasteiger partial charge < -0.3 is 15.0 Å². The highest BCUT2D eigenvalue weighted by atomic mass is 19.1. The molecule has 1 fully saturated rings. The summed E-state index contributed by atoms with van der Waals surface area (Å²) >= 11 is 0. The molecule has 1 aliphatic rings. The van der Waals surface area contributed by atoms with Gasteiger partial charge in [0.15, 0.2) is 6.20 Å². The number of anilines is 1. The molecule has 0 radical (unpaired) electrons. The van der Waals surface area contributed by atoms with E-state index in [1.165, 1.54) is 18.3 Å². The lowest BCUT2D eigenvalue weighted by Gasteiger charge is -2.26. The van der Waals surface area contributed by atoms with Crippen molar-refractivity contribution in [3.63, 3.8) is 0 Å². The molecule has 3 rings (SSSR count). The number of benzene rings is 1. The van der Waals surface area contributed by atoms with Crippen molar-refractivity contribution >= 4 is 11.5 Å². The van der Waals surface area contributed by atoms with Gasteiger partial charge in [-0.25, -0.2) is 8.78 Å². The van der Waals surface area contributed by atoms with E-state index in [4.69, 9.17) is 0 Å². The second kappa shape index (κ2) is 5.67. The molecule has 1 aromatic carbocycles. The summed E-state index contributed by atoms with van der Waals surface area (Å²) in [5.41, 5.74) is 0.965. The molecule has 1 saturated heterocycles. The third kappa shape index (κ3) is 2.61. The van der Waals surface area contributed by atoms with Gasteiger partial charge in [-0.15, -0.1) is 0 Å². The first-order chi connectivity index (χ1) is 10.6. The van der Waals surface area contributed by atoms with Gasteiger partial charge in [0.05, 0.1) is 11.7 Å². The predicted molar refractivity (Wildman–Crippen MR) is 76.6 cm³/mol. The third-order valence-electron chi connectivity index (χ3n) is 3.82. The van der Waals surface area contributed by atoms with E-state index in [1.54, 1.807) is 6.07 Å². The molecule has 0 aliphatic carbocycles. The number of aromatic nitrogens is 1. The van der Waals surface area contributed by atoms with Gasteiger partial charge in [0.25, 0.3) is 0 Å². The van der Waals surface area contributed by atoms with Crippen LogP contribution in [0.2, 0.25) is 0 Å². The Labute approximate surface area is 125 Å². The number of pyridine rings is 1. The molecule has 114 valence electrons. The number of nitro groups is 1. The lowest BCUT2D eigenvalue weighted by atomic mass is 10.0. The van der Waals surface area contributed by atoms with Crippen LogP contribution in [0.15, 0.2) is 36.5 Å². The van der Waals surface area contributed by atoms with Gasteiger partial charge in [0, 0.05) is 18.2 Å². The van der Waals surface area contributed by atoms with Crippen LogP contribution in [0.25, 0.3) is 0 Å². The second-order valence-electron chi connectivity index (χ2n) is 5.15. The maximum absolute atomic E-state index is 14.0. The first kappa shape index (κ1) is 14.4. The number of nitrogens with zero attached hydrogens (tertiary/aromatic N) is 3. The minimum absolute atomic E-state index is 0.239. The average Bonchev–Trinajstić information content (AvgIpc) is 2.99. The van der Waals surface area contributed by atoms with Gasteiger partial charge in [-0.3, -0.25) is 0 Å². The van der Waals surface area contributed by atoms with Gasteiger partial charge in [0.2, 0.25) is 0 Å². The first-order valence-electron chi connectivity index (χ1n) is 6.88. The molecule has 1 aliphatic heterocycles. The molecule has 1 aromatic heterocycles. The van der Waals surface area contributed by atoms with Crippen molar-refractivity contribution in [1.29, 1.82) is 0 Å². The highest BCUT2D eigenvalue weighted by Crippen LogP contribution is 2.37. The van der Waals surface area contributed by atoms with E-state index in [1.807, 2.05) is 4.90 Å². The molecule has 7 heteroatoms. The summed E-state index contributed by atoms with van der Waals surface area (Å²) in [7, 11) is 0. The minimum atomic E-state index is -0.572. The Hall–Kier alpha value is -2.57. The quantitative estimate of drug-likeness (QED) is 0.642. The summed E-state index contributed by atoms with van der Waals surface area (Å²) in [5, 5.41) is 10.6. The normalized spacial score (nSPS) is 17.7. The Morgan fingerprint density at radius 2 is 2.09 bits per heavy atom. The van der Waals surface area contributed by atoms with Crippen molar-refractivity contribution in [1.82, 2.24) is 4.98 Å². The van der Waals surface area contributed by atoms with Crippen molar-refractivity contribution < 1.29 is 13.7 Å². The van der Waals surface area contributed by atoms with Crippen LogP contribution in [0.5, 0.6) is 0 Å². The largest absolute Gasteiger partial charge is 0.363 e. The van der Waals surface area contributed by atoms with E-state index in [0.717, 1.165) is 18.6 Å². The summed E-state index contributed by atoms with van der Waals surface area (Å²) in [6, 6.07) is 6.02. The van der Waals surface area contributed by atoms with Crippen molar-refractivity contribution in [2.75, 3.05) is 11.4 Å². The fraction of sp³-hybridized carbons (Fsp3) is 0.267. The van der Waals surface area contributed by atoms with Gasteiger partial charge in [-0.1, -0.05) is 0 Å². The second-order valence-corrected chi connectivity index (χ2v) is 5.15. The molecular formula is C15H13F2N3O2. The first-order valence-corrected chi connectivity index (χ1v) is 6.88. The maximum Gasteiger partial charge on any atom is 0.363 e. The van der Waals surface area contributed by atoms with E-state index in [0.29, 0.717) is 24.2 Å². The number of hydrogen-bond acceptors (Lipinski definition) is 4. The molecule has 0 spiro atoms. The molecular weight excluding hydrogens is 292 g/mol. The Kier molecular flexibility index (Phi) is 3.70. The molecule has 0 N–H and O–H groups in total. The van der Waals surface area contributed by atoms with E-state index in [-0.39, 0.29) is 11.9 Å². The standard InChI is InChI=1S/C15H13F2N3O2/c16-10-3-5-13(17)12(8-10)14-2-1-7-19(14)11-4-6-15(18-9-11)20(21)22/h3-6,8-9,14H,1-2,7H2/t14-/m1/s1. The van der Waals surface area contributed by atoms with E-state index in [2.05, 4.69) is 4.98 Å². The van der Waals surface area contributed by atoms with Crippen LogP contribution in [-0.2, 0) is 0 Å². The van der Waals surface area contributed by atoms with Gasteiger partial charge >= 0.3 is 5.82 Å². The average molecular weight is 305 g/mol. The highest BCUT2D eigenvalue weighted by molar-refractivity contribution is 5.50. The Morgan fingerprint density at radius 1 is 1.27 bits per heavy atom. The van der Waals surface area contributed by atoms with E-state index >= 15 is 0 Å². The minimum Gasteiger partial charge on any atom is -0.361 e. The lowest BCUT2D eigenvalue weighted by molar-refractivity contribution is -0.389. The van der Waals surface area contributed by atoms with Crippen molar-refractivity contribution in [2.24, 2.45) is 0 Å². The van der Waals surface area contributed by atoms with Crippen LogP contribution in [-0.4, -0.2) is 16.5 Å². The van der Waals surface area contributed by atoms with Crippen LogP contribution in [0.4, 0.5) is 20.3 Å². The van der Waals surface area contributed by atoms with E-state index in [9.17, 15) is 18.9 Å². The van der Waals surface area contributed by atoms with Gasteiger partial charge in [0.1, 0.15) is 11.6 Å². The molecule has 2 aromatic rings. The Balaban J connectivity index is 1.93.